The number of carbonyl (C=O) groups is 3. The highest BCUT2D eigenvalue weighted by atomic mass is 32.2. The number of amides is 3. The predicted octanol–water partition coefficient (Wildman–Crippen LogP) is 1.25. The quantitative estimate of drug-likeness (QED) is 0.878. The Balaban J connectivity index is 1.53. The second kappa shape index (κ2) is 6.62. The van der Waals surface area contributed by atoms with Gasteiger partial charge in [-0.2, -0.15) is 0 Å². The van der Waals surface area contributed by atoms with Crippen LogP contribution in [0.15, 0.2) is 24.3 Å². The number of carbonyl (C=O) groups excluding carboxylic acids is 3. The maximum Gasteiger partial charge on any atom is 0.288 e. The Hall–Kier alpha value is -2.02. The summed E-state index contributed by atoms with van der Waals surface area (Å²) in [7, 11) is 0. The second-order valence-electron chi connectivity index (χ2n) is 5.64. The largest absolute Gasteiger partial charge is 0.359 e. The number of nitrogens with one attached hydrogen (secondary N) is 1. The van der Waals surface area contributed by atoms with Crippen molar-refractivity contribution in [2.45, 2.75) is 19.4 Å². The molecule has 3 rings (SSSR count). The van der Waals surface area contributed by atoms with Crippen LogP contribution in [-0.4, -0.2) is 53.4 Å². The van der Waals surface area contributed by atoms with Crippen molar-refractivity contribution < 1.29 is 14.4 Å². The average molecular weight is 333 g/mol. The first-order valence-corrected chi connectivity index (χ1v) is 8.66. The molecule has 1 N–H and O–H groups in total. The van der Waals surface area contributed by atoms with Crippen molar-refractivity contribution in [3.05, 3.63) is 29.8 Å². The SMILES string of the molecule is C[C@@H](C(=O)NCCN1C(=O)CSC1=O)N1CCc2ccccc21. The molecule has 0 aliphatic carbocycles. The molecule has 2 heterocycles. The number of hydrogen-bond acceptors (Lipinski definition) is 5. The maximum absolute atomic E-state index is 12.3. The van der Waals surface area contributed by atoms with Gasteiger partial charge in [-0.25, -0.2) is 0 Å². The van der Waals surface area contributed by atoms with Crippen LogP contribution >= 0.6 is 11.8 Å². The van der Waals surface area contributed by atoms with E-state index >= 15 is 0 Å². The van der Waals surface area contributed by atoms with Gasteiger partial charge in [0.25, 0.3) is 5.24 Å². The highest BCUT2D eigenvalue weighted by Crippen LogP contribution is 2.29. The summed E-state index contributed by atoms with van der Waals surface area (Å²) in [6, 6.07) is 7.82. The average Bonchev–Trinajstić information content (AvgIpc) is 3.12. The summed E-state index contributed by atoms with van der Waals surface area (Å²) in [5, 5.41) is 2.59. The molecule has 0 unspecified atom stereocenters. The maximum atomic E-state index is 12.3. The topological polar surface area (TPSA) is 69.7 Å². The van der Waals surface area contributed by atoms with Crippen molar-refractivity contribution in [1.29, 1.82) is 0 Å². The molecule has 0 aromatic heterocycles. The van der Waals surface area contributed by atoms with E-state index in [-0.39, 0.29) is 41.9 Å². The lowest BCUT2D eigenvalue weighted by molar-refractivity contribution is -0.125. The molecule has 122 valence electrons. The highest BCUT2D eigenvalue weighted by molar-refractivity contribution is 8.14. The summed E-state index contributed by atoms with van der Waals surface area (Å²) in [4.78, 5) is 38.6. The number of para-hydroxylation sites is 1. The molecule has 7 heteroatoms. The number of nitrogens with zero attached hydrogens (tertiary/aromatic N) is 2. The molecule has 1 fully saturated rings. The van der Waals surface area contributed by atoms with Crippen molar-refractivity contribution in [2.75, 3.05) is 30.3 Å². The van der Waals surface area contributed by atoms with Crippen molar-refractivity contribution in [2.24, 2.45) is 0 Å². The Morgan fingerprint density at radius 2 is 2.13 bits per heavy atom. The lowest BCUT2D eigenvalue weighted by Crippen LogP contribution is -2.46. The van der Waals surface area contributed by atoms with Gasteiger partial charge in [-0.15, -0.1) is 0 Å². The first-order valence-electron chi connectivity index (χ1n) is 7.67. The van der Waals surface area contributed by atoms with Gasteiger partial charge in [0.1, 0.15) is 6.04 Å². The minimum absolute atomic E-state index is 0.0894. The van der Waals surface area contributed by atoms with Gasteiger partial charge in [-0.05, 0) is 25.0 Å². The van der Waals surface area contributed by atoms with E-state index in [1.165, 1.54) is 10.5 Å². The summed E-state index contributed by atoms with van der Waals surface area (Å²) in [5.74, 6) is -0.0717. The molecule has 6 nitrogen and oxygen atoms in total. The lowest BCUT2D eigenvalue weighted by Gasteiger charge is -2.26. The number of imide groups is 1. The van der Waals surface area contributed by atoms with Crippen molar-refractivity contribution in [1.82, 2.24) is 10.2 Å². The zero-order valence-corrected chi connectivity index (χ0v) is 13.8. The van der Waals surface area contributed by atoms with Crippen LogP contribution in [0.25, 0.3) is 0 Å². The summed E-state index contributed by atoms with van der Waals surface area (Å²) in [6.45, 7) is 3.23. The number of anilines is 1. The van der Waals surface area contributed by atoms with Gasteiger partial charge in [-0.1, -0.05) is 30.0 Å². The van der Waals surface area contributed by atoms with Crippen molar-refractivity contribution >= 4 is 34.5 Å². The zero-order valence-electron chi connectivity index (χ0n) is 12.9. The molecule has 0 saturated carbocycles. The molecule has 3 amide bonds. The molecule has 1 saturated heterocycles. The number of rotatable bonds is 5. The fourth-order valence-electron chi connectivity index (χ4n) is 2.94. The Labute approximate surface area is 139 Å². The minimum atomic E-state index is -0.280. The number of fused-ring (bicyclic) bond motifs is 1. The Kier molecular flexibility index (Phi) is 4.56. The van der Waals surface area contributed by atoms with Crippen LogP contribution in [0.5, 0.6) is 0 Å². The van der Waals surface area contributed by atoms with E-state index in [0.717, 1.165) is 30.4 Å². The third-order valence-corrected chi connectivity index (χ3v) is 5.10. The van der Waals surface area contributed by atoms with Crippen LogP contribution in [0.4, 0.5) is 10.5 Å². The Morgan fingerprint density at radius 3 is 2.87 bits per heavy atom. The smallest absolute Gasteiger partial charge is 0.288 e. The molecule has 1 atom stereocenters. The van der Waals surface area contributed by atoms with Gasteiger partial charge in [0, 0.05) is 25.3 Å². The fourth-order valence-corrected chi connectivity index (χ4v) is 3.70. The van der Waals surface area contributed by atoms with Crippen LogP contribution in [-0.2, 0) is 16.0 Å². The van der Waals surface area contributed by atoms with Crippen LogP contribution in [0.1, 0.15) is 12.5 Å². The van der Waals surface area contributed by atoms with Crippen LogP contribution in [0.2, 0.25) is 0 Å². The summed E-state index contributed by atoms with van der Waals surface area (Å²) < 4.78 is 0. The molecule has 2 aliphatic heterocycles. The molecule has 2 aliphatic rings. The van der Waals surface area contributed by atoms with E-state index in [9.17, 15) is 14.4 Å². The molecule has 23 heavy (non-hydrogen) atoms. The molecule has 0 spiro atoms. The normalized spacial score (nSPS) is 18.3. The van der Waals surface area contributed by atoms with Gasteiger partial charge in [-0.3, -0.25) is 19.3 Å². The molecular formula is C16H19N3O3S. The molecule has 1 aromatic rings. The molecule has 0 bridgehead atoms. The summed E-state index contributed by atoms with van der Waals surface area (Å²) >= 11 is 1.01. The second-order valence-corrected chi connectivity index (χ2v) is 6.57. The summed E-state index contributed by atoms with van der Waals surface area (Å²) in [6.07, 6.45) is 0.946. The van der Waals surface area contributed by atoms with Crippen molar-refractivity contribution in [3.63, 3.8) is 0 Å². The third kappa shape index (κ3) is 3.19. The first kappa shape index (κ1) is 15.9. The minimum Gasteiger partial charge on any atom is -0.359 e. The fraction of sp³-hybridized carbons (Fsp3) is 0.438. The van der Waals surface area contributed by atoms with E-state index in [0.29, 0.717) is 0 Å². The summed E-state index contributed by atoms with van der Waals surface area (Å²) in [5.41, 5.74) is 2.37. The van der Waals surface area contributed by atoms with Crippen molar-refractivity contribution in [3.8, 4) is 0 Å². The van der Waals surface area contributed by atoms with E-state index in [2.05, 4.69) is 16.3 Å². The monoisotopic (exact) mass is 333 g/mol. The number of hydrogen-bond donors (Lipinski definition) is 1. The van der Waals surface area contributed by atoms with Gasteiger partial charge in [0.05, 0.1) is 5.75 Å². The Morgan fingerprint density at radius 1 is 1.35 bits per heavy atom. The lowest BCUT2D eigenvalue weighted by atomic mass is 10.1. The van der Waals surface area contributed by atoms with Gasteiger partial charge in [0.2, 0.25) is 11.8 Å². The van der Waals surface area contributed by atoms with E-state index in [1.54, 1.807) is 0 Å². The molecule has 1 aromatic carbocycles. The van der Waals surface area contributed by atoms with E-state index in [1.807, 2.05) is 25.1 Å². The van der Waals surface area contributed by atoms with Crippen LogP contribution in [0, 0.1) is 0 Å². The Bertz CT molecular complexity index is 633. The van der Waals surface area contributed by atoms with E-state index < -0.39 is 0 Å². The number of thioether (sulfide) groups is 1. The zero-order chi connectivity index (χ0) is 16.4. The predicted molar refractivity (Wildman–Crippen MR) is 89.5 cm³/mol. The van der Waals surface area contributed by atoms with Crippen LogP contribution < -0.4 is 10.2 Å². The van der Waals surface area contributed by atoms with Gasteiger partial charge < -0.3 is 10.2 Å². The first-order chi connectivity index (χ1) is 11.1. The number of benzene rings is 1. The van der Waals surface area contributed by atoms with Gasteiger partial charge >= 0.3 is 0 Å². The third-order valence-electron chi connectivity index (χ3n) is 4.25. The van der Waals surface area contributed by atoms with E-state index in [4.69, 9.17) is 0 Å². The molecular weight excluding hydrogens is 314 g/mol. The highest BCUT2D eigenvalue weighted by Gasteiger charge is 2.30. The van der Waals surface area contributed by atoms with Gasteiger partial charge in [0.15, 0.2) is 0 Å². The van der Waals surface area contributed by atoms with Crippen LogP contribution in [0.3, 0.4) is 0 Å². The molecule has 0 radical (unpaired) electrons. The standard InChI is InChI=1S/C16H19N3O3S/c1-11(18-8-6-12-4-2-3-5-13(12)18)15(21)17-7-9-19-14(20)10-23-16(19)22/h2-5,11H,6-10H2,1H3,(H,17,21)/t11-/m0/s1.